The number of hydrogen-bond acceptors (Lipinski definition) is 2. The van der Waals surface area contributed by atoms with Gasteiger partial charge in [-0.2, -0.15) is 0 Å². The fourth-order valence-corrected chi connectivity index (χ4v) is 2.62. The van der Waals surface area contributed by atoms with Gasteiger partial charge in [-0.3, -0.25) is 0 Å². The lowest BCUT2D eigenvalue weighted by Gasteiger charge is -2.12. The molecule has 18 heavy (non-hydrogen) atoms. The van der Waals surface area contributed by atoms with Crippen LogP contribution in [0.1, 0.15) is 0 Å². The van der Waals surface area contributed by atoms with E-state index in [9.17, 15) is 4.39 Å². The third-order valence-corrected chi connectivity index (χ3v) is 3.93. The first-order chi connectivity index (χ1) is 8.47. The zero-order chi connectivity index (χ0) is 13.3. The molecule has 2 nitrogen and oxygen atoms in total. The summed E-state index contributed by atoms with van der Waals surface area (Å²) in [5.41, 5.74) is 7.47. The predicted octanol–water partition coefficient (Wildman–Crippen LogP) is 5.17. The van der Waals surface area contributed by atoms with Crippen LogP contribution in [0.3, 0.4) is 0 Å². The van der Waals surface area contributed by atoms with E-state index in [-0.39, 0.29) is 5.82 Å². The summed E-state index contributed by atoms with van der Waals surface area (Å²) in [5, 5.41) is 3.54. The van der Waals surface area contributed by atoms with Crippen LogP contribution in [0.15, 0.2) is 34.8 Å². The first kappa shape index (κ1) is 13.9. The van der Waals surface area contributed by atoms with Crippen molar-refractivity contribution in [3.8, 4) is 0 Å². The topological polar surface area (TPSA) is 38.0 Å². The van der Waals surface area contributed by atoms with Crippen molar-refractivity contribution >= 4 is 67.2 Å². The number of halogens is 4. The van der Waals surface area contributed by atoms with Crippen LogP contribution in [0.25, 0.3) is 0 Å². The average molecular weight is 441 g/mol. The van der Waals surface area contributed by atoms with Gasteiger partial charge in [0.15, 0.2) is 0 Å². The lowest BCUT2D eigenvalue weighted by Crippen LogP contribution is -1.99. The molecular weight excluding hydrogens is 433 g/mol. The number of anilines is 3. The Bertz CT molecular complexity index is 607. The van der Waals surface area contributed by atoms with Crippen LogP contribution < -0.4 is 11.1 Å². The summed E-state index contributed by atoms with van der Waals surface area (Å²) < 4.78 is 14.8. The van der Waals surface area contributed by atoms with E-state index in [1.54, 1.807) is 18.2 Å². The number of benzene rings is 2. The fourth-order valence-electron chi connectivity index (χ4n) is 1.41. The molecule has 0 saturated carbocycles. The van der Waals surface area contributed by atoms with Gasteiger partial charge in [0.2, 0.25) is 0 Å². The fraction of sp³-hybridized carbons (Fsp3) is 0. The normalized spacial score (nSPS) is 10.4. The first-order valence-corrected chi connectivity index (χ1v) is 7.19. The van der Waals surface area contributed by atoms with Gasteiger partial charge in [0, 0.05) is 10.5 Å². The molecule has 0 radical (unpaired) electrons. The molecule has 0 atom stereocenters. The molecule has 0 aliphatic carbocycles. The lowest BCUT2D eigenvalue weighted by atomic mass is 10.2. The molecule has 0 fully saturated rings. The second-order valence-corrected chi connectivity index (χ2v) is 6.09. The molecule has 3 N–H and O–H groups in total. The van der Waals surface area contributed by atoms with E-state index in [4.69, 9.17) is 17.3 Å². The van der Waals surface area contributed by atoms with Gasteiger partial charge < -0.3 is 11.1 Å². The molecule has 0 bridgehead atoms. The second-order valence-electron chi connectivity index (χ2n) is 3.60. The molecule has 0 aliphatic heterocycles. The van der Waals surface area contributed by atoms with Crippen LogP contribution in [0.5, 0.6) is 0 Å². The van der Waals surface area contributed by atoms with Crippen LogP contribution in [-0.2, 0) is 0 Å². The van der Waals surface area contributed by atoms with Crippen LogP contribution in [0.2, 0.25) is 5.02 Å². The maximum Gasteiger partial charge on any atom is 0.138 e. The molecule has 0 unspecified atom stereocenters. The molecule has 2 aromatic rings. The number of hydrogen-bond donors (Lipinski definition) is 2. The number of nitrogen functional groups attached to an aromatic ring is 1. The third-order valence-electron chi connectivity index (χ3n) is 2.29. The second kappa shape index (κ2) is 5.63. The maximum absolute atomic E-state index is 13.5. The largest absolute Gasteiger partial charge is 0.397 e. The van der Waals surface area contributed by atoms with Crippen molar-refractivity contribution in [2.24, 2.45) is 0 Å². The minimum absolute atomic E-state index is 0.319. The van der Waals surface area contributed by atoms with E-state index in [1.165, 1.54) is 6.07 Å². The Hall–Kier alpha value is -0.530. The van der Waals surface area contributed by atoms with Crippen molar-refractivity contribution in [2.45, 2.75) is 0 Å². The monoisotopic (exact) mass is 440 g/mol. The van der Waals surface area contributed by atoms with Crippen molar-refractivity contribution in [1.82, 2.24) is 0 Å². The van der Waals surface area contributed by atoms with Crippen molar-refractivity contribution in [2.75, 3.05) is 11.1 Å². The van der Waals surface area contributed by atoms with E-state index >= 15 is 0 Å². The molecule has 0 amide bonds. The maximum atomic E-state index is 13.5. The predicted molar refractivity (Wildman–Crippen MR) is 86.0 cm³/mol. The summed E-state index contributed by atoms with van der Waals surface area (Å²) in [6.45, 7) is 0. The number of nitrogens with one attached hydrogen (secondary N) is 1. The molecule has 0 saturated heterocycles. The Morgan fingerprint density at radius 1 is 1.22 bits per heavy atom. The Balaban J connectivity index is 2.37. The summed E-state index contributed by atoms with van der Waals surface area (Å²) in [4.78, 5) is 0. The Kier molecular flexibility index (Phi) is 4.34. The van der Waals surface area contributed by atoms with Gasteiger partial charge in [-0.1, -0.05) is 27.5 Å². The number of rotatable bonds is 2. The van der Waals surface area contributed by atoms with Crippen LogP contribution in [0.4, 0.5) is 21.5 Å². The van der Waals surface area contributed by atoms with Gasteiger partial charge in [-0.15, -0.1) is 0 Å². The summed E-state index contributed by atoms with van der Waals surface area (Å²) in [7, 11) is 0. The molecule has 6 heteroatoms. The molecule has 0 heterocycles. The summed E-state index contributed by atoms with van der Waals surface area (Å²) in [6, 6.07) is 8.32. The van der Waals surface area contributed by atoms with Gasteiger partial charge in [0.25, 0.3) is 0 Å². The molecule has 2 rings (SSSR count). The summed E-state index contributed by atoms with van der Waals surface area (Å²) >= 11 is 11.3. The highest BCUT2D eigenvalue weighted by Gasteiger charge is 2.08. The Morgan fingerprint density at radius 3 is 2.61 bits per heavy atom. The van der Waals surface area contributed by atoms with E-state index in [1.807, 2.05) is 28.7 Å². The highest BCUT2D eigenvalue weighted by atomic mass is 127. The minimum Gasteiger partial charge on any atom is -0.397 e. The van der Waals surface area contributed by atoms with E-state index in [2.05, 4.69) is 21.2 Å². The highest BCUT2D eigenvalue weighted by Crippen LogP contribution is 2.32. The van der Waals surface area contributed by atoms with Crippen molar-refractivity contribution in [3.05, 3.63) is 49.2 Å². The zero-order valence-electron chi connectivity index (χ0n) is 8.98. The van der Waals surface area contributed by atoms with Gasteiger partial charge >= 0.3 is 0 Å². The van der Waals surface area contributed by atoms with E-state index in [0.29, 0.717) is 25.7 Å². The van der Waals surface area contributed by atoms with Crippen molar-refractivity contribution < 1.29 is 4.39 Å². The zero-order valence-corrected chi connectivity index (χ0v) is 13.5. The van der Waals surface area contributed by atoms with Gasteiger partial charge in [-0.05, 0) is 46.9 Å². The van der Waals surface area contributed by atoms with Crippen molar-refractivity contribution in [1.29, 1.82) is 0 Å². The average Bonchev–Trinajstić information content (AvgIpc) is 2.29. The Labute approximate surface area is 131 Å². The summed E-state index contributed by atoms with van der Waals surface area (Å²) in [5.74, 6) is -0.319. The number of nitrogens with two attached hydrogens (primary N) is 1. The van der Waals surface area contributed by atoms with Gasteiger partial charge in [0.1, 0.15) is 5.82 Å². The summed E-state index contributed by atoms with van der Waals surface area (Å²) in [6.07, 6.45) is 0. The molecule has 0 aliphatic rings. The van der Waals surface area contributed by atoms with Crippen LogP contribution in [0, 0.1) is 9.39 Å². The molecule has 2 aromatic carbocycles. The van der Waals surface area contributed by atoms with Crippen molar-refractivity contribution in [3.63, 3.8) is 0 Å². The Morgan fingerprint density at radius 2 is 1.94 bits per heavy atom. The molecular formula is C12H8BrClFIN2. The van der Waals surface area contributed by atoms with Gasteiger partial charge in [-0.25, -0.2) is 4.39 Å². The molecule has 0 spiro atoms. The first-order valence-electron chi connectivity index (χ1n) is 4.94. The standard InChI is InChI=1S/C12H8BrClFIN2/c13-6-1-2-11(7(14)3-6)18-12-4-8(15)9(16)5-10(12)17/h1-5,18H,17H2. The highest BCUT2D eigenvalue weighted by molar-refractivity contribution is 14.1. The van der Waals surface area contributed by atoms with E-state index in [0.717, 1.165) is 4.47 Å². The van der Waals surface area contributed by atoms with E-state index < -0.39 is 0 Å². The van der Waals surface area contributed by atoms with Crippen LogP contribution in [-0.4, -0.2) is 0 Å². The minimum atomic E-state index is -0.319. The van der Waals surface area contributed by atoms with Gasteiger partial charge in [0.05, 0.1) is 25.7 Å². The smallest absolute Gasteiger partial charge is 0.138 e. The molecule has 0 aromatic heterocycles. The quantitative estimate of drug-likeness (QED) is 0.498. The third kappa shape index (κ3) is 3.07. The lowest BCUT2D eigenvalue weighted by molar-refractivity contribution is 0.621. The molecule has 94 valence electrons. The van der Waals surface area contributed by atoms with Crippen LogP contribution >= 0.6 is 50.1 Å². The SMILES string of the molecule is Nc1cc(I)c(F)cc1Nc1ccc(Br)cc1Cl.